The van der Waals surface area contributed by atoms with Crippen molar-refractivity contribution >= 4 is 0 Å². The van der Waals surface area contributed by atoms with E-state index in [4.69, 9.17) is 0 Å². The molecule has 130 valence electrons. The van der Waals surface area contributed by atoms with Crippen molar-refractivity contribution in [1.82, 2.24) is 10.3 Å². The lowest BCUT2D eigenvalue weighted by Crippen LogP contribution is -2.17. The van der Waals surface area contributed by atoms with E-state index >= 15 is 0 Å². The molecule has 0 amide bonds. The van der Waals surface area contributed by atoms with Crippen molar-refractivity contribution in [2.75, 3.05) is 6.54 Å². The number of hydrogen-bond acceptors (Lipinski definition) is 2. The molecule has 0 fully saturated rings. The molecule has 1 aromatic heterocycles. The van der Waals surface area contributed by atoms with Crippen LogP contribution in [0, 0.1) is 0 Å². The summed E-state index contributed by atoms with van der Waals surface area (Å²) < 4.78 is 37.4. The SMILES string of the molecule is CC(C)(C)c1ccc(CNCCc2ccc(C(F)(F)F)cn2)cc1. The normalized spacial score (nSPS) is 12.4. The van der Waals surface area contributed by atoms with E-state index in [1.165, 1.54) is 17.2 Å². The van der Waals surface area contributed by atoms with Crippen LogP contribution in [0.5, 0.6) is 0 Å². The van der Waals surface area contributed by atoms with Crippen molar-refractivity contribution in [3.05, 3.63) is 65.0 Å². The lowest BCUT2D eigenvalue weighted by molar-refractivity contribution is -0.137. The Morgan fingerprint density at radius 2 is 1.54 bits per heavy atom. The zero-order valence-electron chi connectivity index (χ0n) is 14.2. The molecule has 0 saturated carbocycles. The maximum atomic E-state index is 12.5. The molecule has 0 spiro atoms. The molecule has 0 bridgehead atoms. The predicted octanol–water partition coefficient (Wildman–Crippen LogP) is 4.73. The van der Waals surface area contributed by atoms with Gasteiger partial charge in [0.05, 0.1) is 5.56 Å². The number of pyridine rings is 1. The number of nitrogens with zero attached hydrogens (tertiary/aromatic N) is 1. The van der Waals surface area contributed by atoms with E-state index in [-0.39, 0.29) is 5.41 Å². The van der Waals surface area contributed by atoms with Gasteiger partial charge in [-0.1, -0.05) is 45.0 Å². The van der Waals surface area contributed by atoms with Gasteiger partial charge in [0.1, 0.15) is 0 Å². The number of nitrogens with one attached hydrogen (secondary N) is 1. The highest BCUT2D eigenvalue weighted by atomic mass is 19.4. The van der Waals surface area contributed by atoms with Crippen LogP contribution in [0.25, 0.3) is 0 Å². The van der Waals surface area contributed by atoms with Crippen molar-refractivity contribution < 1.29 is 13.2 Å². The van der Waals surface area contributed by atoms with Crippen molar-refractivity contribution in [1.29, 1.82) is 0 Å². The fraction of sp³-hybridized carbons (Fsp3) is 0.421. The molecule has 0 atom stereocenters. The number of aromatic nitrogens is 1. The maximum Gasteiger partial charge on any atom is 0.417 e. The summed E-state index contributed by atoms with van der Waals surface area (Å²) in [5.74, 6) is 0. The van der Waals surface area contributed by atoms with E-state index < -0.39 is 11.7 Å². The molecule has 1 N–H and O–H groups in total. The highest BCUT2D eigenvalue weighted by molar-refractivity contribution is 5.27. The van der Waals surface area contributed by atoms with Crippen molar-refractivity contribution in [3.63, 3.8) is 0 Å². The molecule has 0 aliphatic carbocycles. The second-order valence-corrected chi connectivity index (χ2v) is 6.91. The second kappa shape index (κ2) is 7.34. The third kappa shape index (κ3) is 5.34. The molecular weight excluding hydrogens is 313 g/mol. The molecule has 2 nitrogen and oxygen atoms in total. The molecule has 5 heteroatoms. The molecule has 0 radical (unpaired) electrons. The minimum Gasteiger partial charge on any atom is -0.312 e. The summed E-state index contributed by atoms with van der Waals surface area (Å²) in [5.41, 5.74) is 2.56. The van der Waals surface area contributed by atoms with Gasteiger partial charge in [-0.05, 0) is 28.7 Å². The number of rotatable bonds is 5. The van der Waals surface area contributed by atoms with Gasteiger partial charge in [0.25, 0.3) is 0 Å². The highest BCUT2D eigenvalue weighted by Crippen LogP contribution is 2.28. The first-order valence-electron chi connectivity index (χ1n) is 7.98. The van der Waals surface area contributed by atoms with Crippen LogP contribution in [0.3, 0.4) is 0 Å². The lowest BCUT2D eigenvalue weighted by atomic mass is 9.87. The summed E-state index contributed by atoms with van der Waals surface area (Å²) in [7, 11) is 0. The first kappa shape index (κ1) is 18.5. The Morgan fingerprint density at radius 3 is 2.04 bits per heavy atom. The largest absolute Gasteiger partial charge is 0.417 e. The van der Waals surface area contributed by atoms with Crippen LogP contribution >= 0.6 is 0 Å². The third-order valence-corrected chi connectivity index (χ3v) is 3.86. The van der Waals surface area contributed by atoms with Gasteiger partial charge >= 0.3 is 6.18 Å². The van der Waals surface area contributed by atoms with Crippen molar-refractivity contribution in [2.24, 2.45) is 0 Å². The van der Waals surface area contributed by atoms with Gasteiger partial charge in [0.2, 0.25) is 0 Å². The van der Waals surface area contributed by atoms with E-state index in [2.05, 4.69) is 55.3 Å². The summed E-state index contributed by atoms with van der Waals surface area (Å²) in [6, 6.07) is 11.0. The monoisotopic (exact) mass is 336 g/mol. The fourth-order valence-electron chi connectivity index (χ4n) is 2.31. The molecule has 0 aliphatic heterocycles. The quantitative estimate of drug-likeness (QED) is 0.799. The van der Waals surface area contributed by atoms with Crippen molar-refractivity contribution in [2.45, 2.75) is 45.3 Å². The number of benzene rings is 1. The highest BCUT2D eigenvalue weighted by Gasteiger charge is 2.30. The molecule has 1 aromatic carbocycles. The van der Waals surface area contributed by atoms with E-state index in [1.54, 1.807) is 0 Å². The van der Waals surface area contributed by atoms with Gasteiger partial charge in [0.15, 0.2) is 0 Å². The first-order valence-corrected chi connectivity index (χ1v) is 7.98. The van der Waals surface area contributed by atoms with E-state index in [0.29, 0.717) is 18.7 Å². The molecule has 2 rings (SSSR count). The average Bonchev–Trinajstić information content (AvgIpc) is 2.51. The molecular formula is C19H23F3N2. The number of halogens is 3. The van der Waals surface area contributed by atoms with Crippen LogP contribution in [0.15, 0.2) is 42.6 Å². The summed E-state index contributed by atoms with van der Waals surface area (Å²) in [6.45, 7) is 7.93. The third-order valence-electron chi connectivity index (χ3n) is 3.86. The van der Waals surface area contributed by atoms with Crippen LogP contribution in [0.1, 0.15) is 43.2 Å². The molecule has 1 heterocycles. The molecule has 0 unspecified atom stereocenters. The van der Waals surface area contributed by atoms with Crippen LogP contribution < -0.4 is 5.32 Å². The Morgan fingerprint density at radius 1 is 0.917 bits per heavy atom. The minimum atomic E-state index is -4.33. The Bertz CT molecular complexity index is 579. The maximum absolute atomic E-state index is 12.5. The number of alkyl halides is 3. The molecule has 24 heavy (non-hydrogen) atoms. The Labute approximate surface area is 141 Å². The summed E-state index contributed by atoms with van der Waals surface area (Å²) in [4.78, 5) is 3.87. The fourth-order valence-corrected chi connectivity index (χ4v) is 2.31. The van der Waals surface area contributed by atoms with Crippen LogP contribution in [-0.4, -0.2) is 11.5 Å². The summed E-state index contributed by atoms with van der Waals surface area (Å²) in [5, 5.41) is 3.29. The standard InChI is InChI=1S/C19H23F3N2/c1-18(2,3)15-6-4-14(5-7-15)12-23-11-10-17-9-8-16(13-24-17)19(20,21)22/h4-9,13,23H,10-12H2,1-3H3. The molecule has 0 aliphatic rings. The smallest absolute Gasteiger partial charge is 0.312 e. The van der Waals surface area contributed by atoms with Gasteiger partial charge in [-0.2, -0.15) is 13.2 Å². The van der Waals surface area contributed by atoms with Crippen molar-refractivity contribution in [3.8, 4) is 0 Å². The van der Waals surface area contributed by atoms with E-state index in [9.17, 15) is 13.2 Å². The van der Waals surface area contributed by atoms with Gasteiger partial charge in [-0.25, -0.2) is 0 Å². The van der Waals surface area contributed by atoms with Gasteiger partial charge < -0.3 is 5.32 Å². The van der Waals surface area contributed by atoms with Gasteiger partial charge in [0, 0.05) is 31.4 Å². The van der Waals surface area contributed by atoms with E-state index in [1.807, 2.05) is 0 Å². The van der Waals surface area contributed by atoms with Crippen LogP contribution in [0.2, 0.25) is 0 Å². The molecule has 2 aromatic rings. The summed E-state index contributed by atoms with van der Waals surface area (Å²) in [6.07, 6.45) is -2.85. The van der Waals surface area contributed by atoms with Gasteiger partial charge in [-0.3, -0.25) is 4.98 Å². The molecule has 0 saturated heterocycles. The van der Waals surface area contributed by atoms with Crippen LogP contribution in [-0.2, 0) is 24.6 Å². The van der Waals surface area contributed by atoms with E-state index in [0.717, 1.165) is 18.8 Å². The number of hydrogen-bond donors (Lipinski definition) is 1. The second-order valence-electron chi connectivity index (χ2n) is 6.91. The first-order chi connectivity index (χ1) is 11.2. The topological polar surface area (TPSA) is 24.9 Å². The predicted molar refractivity (Wildman–Crippen MR) is 89.8 cm³/mol. The van der Waals surface area contributed by atoms with Gasteiger partial charge in [-0.15, -0.1) is 0 Å². The Balaban J connectivity index is 1.79. The summed E-state index contributed by atoms with van der Waals surface area (Å²) >= 11 is 0. The Kier molecular flexibility index (Phi) is 5.65. The average molecular weight is 336 g/mol. The van der Waals surface area contributed by atoms with Crippen LogP contribution in [0.4, 0.5) is 13.2 Å². The zero-order chi connectivity index (χ0) is 17.8. The Hall–Kier alpha value is -1.88. The zero-order valence-corrected chi connectivity index (χ0v) is 14.2. The minimum absolute atomic E-state index is 0.139. The lowest BCUT2D eigenvalue weighted by Gasteiger charge is -2.19.